The lowest BCUT2D eigenvalue weighted by Crippen LogP contribution is -2.33. The van der Waals surface area contributed by atoms with Crippen molar-refractivity contribution in [3.63, 3.8) is 0 Å². The highest BCUT2D eigenvalue weighted by atomic mass is 32.1. The first-order valence-corrected chi connectivity index (χ1v) is 6.51. The first kappa shape index (κ1) is 14.8. The summed E-state index contributed by atoms with van der Waals surface area (Å²) in [6, 6.07) is 11.1. The minimum absolute atomic E-state index is 0.155. The van der Waals surface area contributed by atoms with Gasteiger partial charge >= 0.3 is 0 Å². The second-order valence-electron chi connectivity index (χ2n) is 4.04. The number of pyridine rings is 1. The molecule has 2 aromatic rings. The lowest BCUT2D eigenvalue weighted by atomic mass is 10.2. The van der Waals surface area contributed by atoms with Gasteiger partial charge in [0.1, 0.15) is 11.6 Å². The Kier molecular flexibility index (Phi) is 5.11. The Balaban J connectivity index is 1.86. The minimum atomic E-state index is -0.382. The van der Waals surface area contributed by atoms with E-state index in [0.717, 1.165) is 5.56 Å². The predicted molar refractivity (Wildman–Crippen MR) is 84.0 cm³/mol. The van der Waals surface area contributed by atoms with Crippen LogP contribution < -0.4 is 10.6 Å². The summed E-state index contributed by atoms with van der Waals surface area (Å²) in [5, 5.41) is 5.43. The molecule has 0 bridgehead atoms. The fraction of sp³-hybridized carbons (Fsp3) is 0. The number of carbonyl (C=O) groups is 1. The van der Waals surface area contributed by atoms with Crippen LogP contribution in [0.1, 0.15) is 5.56 Å². The summed E-state index contributed by atoms with van der Waals surface area (Å²) >= 11 is 4.99. The first-order valence-electron chi connectivity index (χ1n) is 6.10. The van der Waals surface area contributed by atoms with Crippen molar-refractivity contribution < 1.29 is 9.18 Å². The molecule has 21 heavy (non-hydrogen) atoms. The van der Waals surface area contributed by atoms with Crippen molar-refractivity contribution in [1.29, 1.82) is 0 Å². The number of benzene rings is 1. The quantitative estimate of drug-likeness (QED) is 0.676. The second-order valence-corrected chi connectivity index (χ2v) is 4.45. The number of nitrogens with one attached hydrogen (secondary N) is 2. The SMILES string of the molecule is O=C(/C=C/c1ccc(F)cc1)NC(=S)Nc1ccccn1. The molecule has 0 spiro atoms. The molecule has 2 rings (SSSR count). The smallest absolute Gasteiger partial charge is 0.250 e. The Morgan fingerprint density at radius 2 is 1.95 bits per heavy atom. The lowest BCUT2D eigenvalue weighted by Gasteiger charge is -2.06. The van der Waals surface area contributed by atoms with Crippen molar-refractivity contribution in [3.8, 4) is 0 Å². The molecule has 6 heteroatoms. The number of anilines is 1. The number of carbonyl (C=O) groups excluding carboxylic acids is 1. The third-order valence-corrected chi connectivity index (χ3v) is 2.64. The van der Waals surface area contributed by atoms with E-state index >= 15 is 0 Å². The van der Waals surface area contributed by atoms with Crippen LogP contribution in [0, 0.1) is 5.82 Å². The molecule has 1 heterocycles. The fourth-order valence-corrected chi connectivity index (χ4v) is 1.69. The van der Waals surface area contributed by atoms with Gasteiger partial charge in [0.05, 0.1) is 0 Å². The van der Waals surface area contributed by atoms with Crippen LogP contribution in [-0.4, -0.2) is 16.0 Å². The van der Waals surface area contributed by atoms with E-state index in [1.165, 1.54) is 18.2 Å². The zero-order chi connectivity index (χ0) is 15.1. The normalized spacial score (nSPS) is 10.3. The predicted octanol–water partition coefficient (Wildman–Crippen LogP) is 2.75. The van der Waals surface area contributed by atoms with Crippen molar-refractivity contribution in [2.24, 2.45) is 0 Å². The summed E-state index contributed by atoms with van der Waals surface area (Å²) in [6.07, 6.45) is 4.50. The monoisotopic (exact) mass is 301 g/mol. The van der Waals surface area contributed by atoms with Gasteiger partial charge in [-0.3, -0.25) is 10.1 Å². The summed E-state index contributed by atoms with van der Waals surface area (Å²) in [7, 11) is 0. The average molecular weight is 301 g/mol. The van der Waals surface area contributed by atoms with Crippen LogP contribution >= 0.6 is 12.2 Å². The highest BCUT2D eigenvalue weighted by Gasteiger charge is 2.01. The molecule has 0 atom stereocenters. The van der Waals surface area contributed by atoms with Crippen LogP contribution in [0.2, 0.25) is 0 Å². The van der Waals surface area contributed by atoms with Gasteiger partial charge in [-0.05, 0) is 48.1 Å². The van der Waals surface area contributed by atoms with Gasteiger partial charge in [-0.2, -0.15) is 0 Å². The number of thiocarbonyl (C=S) groups is 1. The zero-order valence-corrected chi connectivity index (χ0v) is 11.7. The van der Waals surface area contributed by atoms with E-state index in [4.69, 9.17) is 12.2 Å². The lowest BCUT2D eigenvalue weighted by molar-refractivity contribution is -0.115. The molecule has 1 aromatic heterocycles. The number of amides is 1. The molecule has 1 aromatic carbocycles. The molecule has 106 valence electrons. The van der Waals surface area contributed by atoms with Gasteiger partial charge in [-0.1, -0.05) is 18.2 Å². The Hall–Kier alpha value is -2.60. The number of halogens is 1. The maximum atomic E-state index is 12.7. The van der Waals surface area contributed by atoms with Crippen molar-refractivity contribution in [2.75, 3.05) is 5.32 Å². The summed E-state index contributed by atoms with van der Waals surface area (Å²) < 4.78 is 12.7. The third kappa shape index (κ3) is 5.12. The molecule has 0 radical (unpaired) electrons. The minimum Gasteiger partial charge on any atom is -0.317 e. The molecule has 0 saturated carbocycles. The molecule has 4 nitrogen and oxygen atoms in total. The van der Waals surface area contributed by atoms with E-state index in [9.17, 15) is 9.18 Å². The number of rotatable bonds is 3. The summed E-state index contributed by atoms with van der Waals surface area (Å²) in [5.41, 5.74) is 0.718. The molecule has 0 saturated heterocycles. The average Bonchev–Trinajstić information content (AvgIpc) is 2.47. The zero-order valence-electron chi connectivity index (χ0n) is 10.9. The molecule has 1 amide bonds. The fourth-order valence-electron chi connectivity index (χ4n) is 1.48. The standard InChI is InChI=1S/C15H12FN3OS/c16-12-7-4-11(5-8-12)6-9-14(20)19-15(21)18-13-3-1-2-10-17-13/h1-10H,(H2,17,18,19,20,21)/b9-6+. The molecule has 0 fully saturated rings. The number of hydrogen-bond acceptors (Lipinski definition) is 3. The molecule has 2 N–H and O–H groups in total. The molecule has 0 aliphatic rings. The second kappa shape index (κ2) is 7.25. The molecular weight excluding hydrogens is 289 g/mol. The van der Waals surface area contributed by atoms with Crippen LogP contribution in [-0.2, 0) is 4.79 Å². The highest BCUT2D eigenvalue weighted by Crippen LogP contribution is 2.04. The van der Waals surface area contributed by atoms with Crippen LogP contribution in [0.5, 0.6) is 0 Å². The van der Waals surface area contributed by atoms with Crippen molar-refractivity contribution in [1.82, 2.24) is 10.3 Å². The van der Waals surface area contributed by atoms with E-state index in [1.54, 1.807) is 42.6 Å². The van der Waals surface area contributed by atoms with Gasteiger partial charge in [0, 0.05) is 12.3 Å². The maximum absolute atomic E-state index is 12.7. The molecule has 0 aliphatic heterocycles. The van der Waals surface area contributed by atoms with Crippen LogP contribution in [0.25, 0.3) is 6.08 Å². The van der Waals surface area contributed by atoms with Crippen molar-refractivity contribution >= 4 is 35.1 Å². The third-order valence-electron chi connectivity index (χ3n) is 2.44. The van der Waals surface area contributed by atoms with E-state index in [-0.39, 0.29) is 16.8 Å². The van der Waals surface area contributed by atoms with E-state index in [0.29, 0.717) is 5.82 Å². The molecule has 0 unspecified atom stereocenters. The summed E-state index contributed by atoms with van der Waals surface area (Å²) in [4.78, 5) is 15.7. The number of nitrogens with zero attached hydrogens (tertiary/aromatic N) is 1. The Morgan fingerprint density at radius 3 is 2.62 bits per heavy atom. The van der Waals surface area contributed by atoms with Crippen molar-refractivity contribution in [2.45, 2.75) is 0 Å². The number of hydrogen-bond donors (Lipinski definition) is 2. The van der Waals surface area contributed by atoms with E-state index in [2.05, 4.69) is 15.6 Å². The first-order chi connectivity index (χ1) is 10.1. The number of aromatic nitrogens is 1. The van der Waals surface area contributed by atoms with Gasteiger partial charge in [-0.15, -0.1) is 0 Å². The molecule has 0 aliphatic carbocycles. The van der Waals surface area contributed by atoms with Gasteiger partial charge in [0.25, 0.3) is 0 Å². The Labute approximate surface area is 126 Å². The van der Waals surface area contributed by atoms with Gasteiger partial charge in [-0.25, -0.2) is 9.37 Å². The Bertz CT molecular complexity index is 656. The molecular formula is C15H12FN3OS. The van der Waals surface area contributed by atoms with Crippen LogP contribution in [0.3, 0.4) is 0 Å². The van der Waals surface area contributed by atoms with Crippen molar-refractivity contribution in [3.05, 3.63) is 66.1 Å². The summed E-state index contributed by atoms with van der Waals surface area (Å²) in [5.74, 6) is -0.157. The Morgan fingerprint density at radius 1 is 1.19 bits per heavy atom. The highest BCUT2D eigenvalue weighted by molar-refractivity contribution is 7.80. The topological polar surface area (TPSA) is 54.0 Å². The largest absolute Gasteiger partial charge is 0.317 e. The van der Waals surface area contributed by atoms with E-state index in [1.807, 2.05) is 0 Å². The van der Waals surface area contributed by atoms with Gasteiger partial charge in [0.2, 0.25) is 5.91 Å². The van der Waals surface area contributed by atoms with E-state index < -0.39 is 0 Å². The maximum Gasteiger partial charge on any atom is 0.250 e. The van der Waals surface area contributed by atoms with Gasteiger partial charge in [0.15, 0.2) is 5.11 Å². The summed E-state index contributed by atoms with van der Waals surface area (Å²) in [6.45, 7) is 0. The van der Waals surface area contributed by atoms with Gasteiger partial charge < -0.3 is 5.32 Å². The van der Waals surface area contributed by atoms with Crippen LogP contribution in [0.4, 0.5) is 10.2 Å². The van der Waals surface area contributed by atoms with Crippen LogP contribution in [0.15, 0.2) is 54.7 Å².